The molecule has 0 N–H and O–H groups in total. The third-order valence-electron chi connectivity index (χ3n) is 6.23. The number of piperazine rings is 1. The molecule has 0 radical (unpaired) electrons. The lowest BCUT2D eigenvalue weighted by Crippen LogP contribution is -2.49. The van der Waals surface area contributed by atoms with E-state index in [9.17, 15) is 4.79 Å². The number of anilines is 1. The van der Waals surface area contributed by atoms with E-state index in [0.717, 1.165) is 11.4 Å². The number of amides is 1. The van der Waals surface area contributed by atoms with Crippen LogP contribution in [-0.2, 0) is 6.54 Å². The molecule has 0 bridgehead atoms. The van der Waals surface area contributed by atoms with Crippen LogP contribution in [-0.4, -0.2) is 83.3 Å². The summed E-state index contributed by atoms with van der Waals surface area (Å²) in [5.41, 5.74) is 2.92. The molecule has 36 heavy (non-hydrogen) atoms. The van der Waals surface area contributed by atoms with Crippen LogP contribution in [0.1, 0.15) is 15.9 Å². The standard InChI is InChI=1S/C25H27N7O4/c1-34-19-13-18(14-20(35-2)22(19)36-3)25(33)31-11-9-30(10-12-31)23-21-24(27-16-26-23)32(29-28-21)15-17-7-5-4-6-8-17/h4-8,13-14,16H,9-12,15H2,1-3H3. The third kappa shape index (κ3) is 4.35. The van der Waals surface area contributed by atoms with Crippen molar-refractivity contribution in [3.05, 3.63) is 59.9 Å². The summed E-state index contributed by atoms with van der Waals surface area (Å²) in [5, 5.41) is 8.69. The van der Waals surface area contributed by atoms with E-state index in [1.165, 1.54) is 27.7 Å². The number of methoxy groups -OCH3 is 3. The highest BCUT2D eigenvalue weighted by molar-refractivity contribution is 5.96. The van der Waals surface area contributed by atoms with Gasteiger partial charge >= 0.3 is 0 Å². The number of rotatable bonds is 7. The lowest BCUT2D eigenvalue weighted by molar-refractivity contribution is 0.0745. The molecule has 4 aromatic rings. The highest BCUT2D eigenvalue weighted by atomic mass is 16.5. The normalized spacial score (nSPS) is 13.6. The molecular weight excluding hydrogens is 462 g/mol. The van der Waals surface area contributed by atoms with Crippen LogP contribution < -0.4 is 19.1 Å². The highest BCUT2D eigenvalue weighted by Gasteiger charge is 2.27. The zero-order valence-electron chi connectivity index (χ0n) is 20.4. The van der Waals surface area contributed by atoms with Gasteiger partial charge in [0.2, 0.25) is 5.75 Å². The zero-order chi connectivity index (χ0) is 25.1. The third-order valence-corrected chi connectivity index (χ3v) is 6.23. The minimum absolute atomic E-state index is 0.101. The second-order valence-corrected chi connectivity index (χ2v) is 8.30. The minimum atomic E-state index is -0.101. The van der Waals surface area contributed by atoms with Crippen molar-refractivity contribution >= 4 is 22.9 Å². The highest BCUT2D eigenvalue weighted by Crippen LogP contribution is 2.38. The number of hydrogen-bond donors (Lipinski definition) is 0. The lowest BCUT2D eigenvalue weighted by Gasteiger charge is -2.35. The molecule has 1 aliphatic heterocycles. The summed E-state index contributed by atoms with van der Waals surface area (Å²) < 4.78 is 17.9. The fraction of sp³-hybridized carbons (Fsp3) is 0.320. The fourth-order valence-electron chi connectivity index (χ4n) is 4.38. The maximum Gasteiger partial charge on any atom is 0.254 e. The van der Waals surface area contributed by atoms with E-state index in [2.05, 4.69) is 25.2 Å². The second kappa shape index (κ2) is 10.1. The quantitative estimate of drug-likeness (QED) is 0.386. The van der Waals surface area contributed by atoms with Crippen LogP contribution in [0.5, 0.6) is 17.2 Å². The molecule has 0 spiro atoms. The second-order valence-electron chi connectivity index (χ2n) is 8.30. The van der Waals surface area contributed by atoms with Crippen LogP contribution in [0, 0.1) is 0 Å². The topological polar surface area (TPSA) is 108 Å². The van der Waals surface area contributed by atoms with Crippen molar-refractivity contribution in [2.75, 3.05) is 52.4 Å². The predicted octanol–water partition coefficient (Wildman–Crippen LogP) is 2.26. The summed E-state index contributed by atoms with van der Waals surface area (Å²) in [7, 11) is 4.59. The van der Waals surface area contributed by atoms with Gasteiger partial charge in [-0.05, 0) is 17.7 Å². The average Bonchev–Trinajstić information content (AvgIpc) is 3.35. The average molecular weight is 490 g/mol. The van der Waals surface area contributed by atoms with Gasteiger partial charge in [0.25, 0.3) is 5.91 Å². The van der Waals surface area contributed by atoms with Gasteiger partial charge < -0.3 is 24.0 Å². The Morgan fingerprint density at radius 3 is 2.25 bits per heavy atom. The Bertz CT molecular complexity index is 1340. The summed E-state index contributed by atoms with van der Waals surface area (Å²) in [5.74, 6) is 1.96. The lowest BCUT2D eigenvalue weighted by atomic mass is 10.1. The number of aromatic nitrogens is 5. The first-order valence-corrected chi connectivity index (χ1v) is 11.5. The number of hydrogen-bond acceptors (Lipinski definition) is 9. The van der Waals surface area contributed by atoms with E-state index >= 15 is 0 Å². The Labute approximate surface area is 208 Å². The van der Waals surface area contributed by atoms with Crippen LogP contribution in [0.2, 0.25) is 0 Å². The molecule has 11 heteroatoms. The molecule has 1 saturated heterocycles. The molecule has 5 rings (SSSR count). The molecule has 0 unspecified atom stereocenters. The minimum Gasteiger partial charge on any atom is -0.493 e. The van der Waals surface area contributed by atoms with Crippen molar-refractivity contribution in [1.29, 1.82) is 0 Å². The molecule has 2 aromatic heterocycles. The molecule has 186 valence electrons. The van der Waals surface area contributed by atoms with Crippen molar-refractivity contribution in [1.82, 2.24) is 29.9 Å². The molecule has 0 saturated carbocycles. The Morgan fingerprint density at radius 1 is 0.917 bits per heavy atom. The van der Waals surface area contributed by atoms with E-state index in [1.807, 2.05) is 35.2 Å². The summed E-state index contributed by atoms with van der Waals surface area (Å²) in [6.07, 6.45) is 1.54. The summed E-state index contributed by atoms with van der Waals surface area (Å²) >= 11 is 0. The largest absolute Gasteiger partial charge is 0.493 e. The molecule has 1 aliphatic rings. The van der Waals surface area contributed by atoms with Crippen molar-refractivity contribution in [3.8, 4) is 17.2 Å². The Kier molecular flexibility index (Phi) is 6.52. The fourth-order valence-corrected chi connectivity index (χ4v) is 4.38. The number of nitrogens with zero attached hydrogens (tertiary/aromatic N) is 7. The molecule has 2 aromatic carbocycles. The number of carbonyl (C=O) groups excluding carboxylic acids is 1. The summed E-state index contributed by atoms with van der Waals surface area (Å²) in [6, 6.07) is 13.4. The van der Waals surface area contributed by atoms with Crippen LogP contribution in [0.3, 0.4) is 0 Å². The first-order chi connectivity index (χ1) is 17.6. The first kappa shape index (κ1) is 23.3. The monoisotopic (exact) mass is 489 g/mol. The summed E-state index contributed by atoms with van der Waals surface area (Å²) in [6.45, 7) is 2.84. The first-order valence-electron chi connectivity index (χ1n) is 11.5. The molecule has 0 atom stereocenters. The van der Waals surface area contributed by atoms with Gasteiger partial charge in [-0.3, -0.25) is 4.79 Å². The number of fused-ring (bicyclic) bond motifs is 1. The van der Waals surface area contributed by atoms with Crippen LogP contribution in [0.4, 0.5) is 5.82 Å². The molecule has 0 aliphatic carbocycles. The number of benzene rings is 2. The van der Waals surface area contributed by atoms with Crippen LogP contribution in [0.25, 0.3) is 11.2 Å². The van der Waals surface area contributed by atoms with Gasteiger partial charge in [-0.2, -0.15) is 0 Å². The Morgan fingerprint density at radius 2 is 1.61 bits per heavy atom. The van der Waals surface area contributed by atoms with Crippen molar-refractivity contribution < 1.29 is 19.0 Å². The van der Waals surface area contributed by atoms with Crippen LogP contribution >= 0.6 is 0 Å². The van der Waals surface area contributed by atoms with Crippen molar-refractivity contribution in [2.24, 2.45) is 0 Å². The van der Waals surface area contributed by atoms with Crippen LogP contribution in [0.15, 0.2) is 48.8 Å². The van der Waals surface area contributed by atoms with Gasteiger partial charge in [0, 0.05) is 31.7 Å². The van der Waals surface area contributed by atoms with E-state index in [4.69, 9.17) is 14.2 Å². The van der Waals surface area contributed by atoms with Gasteiger partial charge in [-0.25, -0.2) is 14.6 Å². The molecule has 1 fully saturated rings. The number of ether oxygens (including phenoxy) is 3. The SMILES string of the molecule is COc1cc(C(=O)N2CCN(c3ncnc4c3nnn4Cc3ccccc3)CC2)cc(OC)c1OC. The Hall–Kier alpha value is -4.41. The van der Waals surface area contributed by atoms with Crippen molar-refractivity contribution in [2.45, 2.75) is 6.54 Å². The molecular formula is C25H27N7O4. The van der Waals surface area contributed by atoms with Gasteiger partial charge in [0.1, 0.15) is 6.33 Å². The van der Waals surface area contributed by atoms with Gasteiger partial charge in [-0.15, -0.1) is 5.10 Å². The molecule has 3 heterocycles. The maximum absolute atomic E-state index is 13.3. The zero-order valence-corrected chi connectivity index (χ0v) is 20.4. The van der Waals surface area contributed by atoms with E-state index in [-0.39, 0.29) is 5.91 Å². The van der Waals surface area contributed by atoms with Crippen molar-refractivity contribution in [3.63, 3.8) is 0 Å². The van der Waals surface area contributed by atoms with E-state index in [1.54, 1.807) is 16.8 Å². The number of carbonyl (C=O) groups is 1. The van der Waals surface area contributed by atoms with Gasteiger partial charge in [-0.1, -0.05) is 35.5 Å². The molecule has 11 nitrogen and oxygen atoms in total. The Balaban J connectivity index is 1.32. The van der Waals surface area contributed by atoms with Gasteiger partial charge in [0.15, 0.2) is 28.5 Å². The predicted molar refractivity (Wildman–Crippen MR) is 133 cm³/mol. The molecule has 1 amide bonds. The summed E-state index contributed by atoms with van der Waals surface area (Å²) in [4.78, 5) is 26.1. The maximum atomic E-state index is 13.3. The smallest absolute Gasteiger partial charge is 0.254 e. The van der Waals surface area contributed by atoms with E-state index in [0.29, 0.717) is 66.7 Å². The van der Waals surface area contributed by atoms with E-state index < -0.39 is 0 Å². The van der Waals surface area contributed by atoms with Gasteiger partial charge in [0.05, 0.1) is 27.9 Å².